The predicted octanol–water partition coefficient (Wildman–Crippen LogP) is 2.90. The fourth-order valence-electron chi connectivity index (χ4n) is 2.82. The third-order valence-corrected chi connectivity index (χ3v) is 4.23. The van der Waals surface area contributed by atoms with E-state index in [9.17, 15) is 0 Å². The topological polar surface area (TPSA) is 71.0 Å². The molecule has 0 spiro atoms. The lowest BCUT2D eigenvalue weighted by Crippen LogP contribution is -2.41. The van der Waals surface area contributed by atoms with E-state index in [1.807, 2.05) is 18.3 Å². The van der Waals surface area contributed by atoms with E-state index in [0.29, 0.717) is 37.7 Å². The van der Waals surface area contributed by atoms with E-state index in [1.165, 1.54) is 0 Å². The summed E-state index contributed by atoms with van der Waals surface area (Å²) < 4.78 is 10.4. The highest BCUT2D eigenvalue weighted by Gasteiger charge is 2.12. The van der Waals surface area contributed by atoms with Crippen molar-refractivity contribution in [3.8, 4) is 5.88 Å². The SMILES string of the molecule is CN=C(NCCCN(C(C)C)C(C)C)NCc1ccc(OCCOC)nc1.I. The van der Waals surface area contributed by atoms with Crippen LogP contribution in [0.3, 0.4) is 0 Å². The molecular formula is C20H38IN5O2. The molecule has 0 aliphatic carbocycles. The van der Waals surface area contributed by atoms with Crippen LogP contribution in [0.15, 0.2) is 23.3 Å². The van der Waals surface area contributed by atoms with E-state index in [-0.39, 0.29) is 24.0 Å². The molecule has 1 aromatic rings. The van der Waals surface area contributed by atoms with Crippen LogP contribution >= 0.6 is 24.0 Å². The summed E-state index contributed by atoms with van der Waals surface area (Å²) in [5.74, 6) is 1.41. The van der Waals surface area contributed by atoms with Crippen LogP contribution < -0.4 is 15.4 Å². The molecule has 1 rings (SSSR count). The molecule has 8 heteroatoms. The van der Waals surface area contributed by atoms with Crippen LogP contribution in [0.1, 0.15) is 39.7 Å². The first-order valence-electron chi connectivity index (χ1n) is 9.74. The molecule has 0 saturated heterocycles. The van der Waals surface area contributed by atoms with Gasteiger partial charge in [-0.05, 0) is 39.7 Å². The van der Waals surface area contributed by atoms with Gasteiger partial charge in [-0.3, -0.25) is 9.89 Å². The van der Waals surface area contributed by atoms with Gasteiger partial charge in [-0.2, -0.15) is 0 Å². The number of hydrogen-bond donors (Lipinski definition) is 2. The van der Waals surface area contributed by atoms with Crippen molar-refractivity contribution < 1.29 is 9.47 Å². The fraction of sp³-hybridized carbons (Fsp3) is 0.700. The molecule has 7 nitrogen and oxygen atoms in total. The van der Waals surface area contributed by atoms with Crippen LogP contribution in [0.25, 0.3) is 0 Å². The number of pyridine rings is 1. The van der Waals surface area contributed by atoms with E-state index in [4.69, 9.17) is 9.47 Å². The fourth-order valence-corrected chi connectivity index (χ4v) is 2.82. The second kappa shape index (κ2) is 15.8. The first-order valence-corrected chi connectivity index (χ1v) is 9.74. The Morgan fingerprint density at radius 2 is 1.86 bits per heavy atom. The molecule has 0 aliphatic heterocycles. The summed E-state index contributed by atoms with van der Waals surface area (Å²) in [6.07, 6.45) is 2.89. The zero-order valence-electron chi connectivity index (χ0n) is 18.2. The van der Waals surface area contributed by atoms with Crippen LogP contribution in [0.2, 0.25) is 0 Å². The van der Waals surface area contributed by atoms with Crippen molar-refractivity contribution in [1.82, 2.24) is 20.5 Å². The Hall–Kier alpha value is -1.13. The second-order valence-electron chi connectivity index (χ2n) is 6.98. The molecule has 1 aromatic heterocycles. The number of hydrogen-bond acceptors (Lipinski definition) is 5. The number of nitrogens with one attached hydrogen (secondary N) is 2. The van der Waals surface area contributed by atoms with Crippen molar-refractivity contribution in [3.63, 3.8) is 0 Å². The first-order chi connectivity index (χ1) is 13.0. The largest absolute Gasteiger partial charge is 0.475 e. The summed E-state index contributed by atoms with van der Waals surface area (Å²) in [6.45, 7) is 12.7. The van der Waals surface area contributed by atoms with Gasteiger partial charge in [0.1, 0.15) is 6.61 Å². The monoisotopic (exact) mass is 507 g/mol. The molecule has 1 heterocycles. The average molecular weight is 507 g/mol. The Morgan fingerprint density at radius 1 is 1.14 bits per heavy atom. The minimum absolute atomic E-state index is 0. The Labute approximate surface area is 187 Å². The lowest BCUT2D eigenvalue weighted by atomic mass is 10.2. The molecule has 0 aliphatic rings. The number of methoxy groups -OCH3 is 1. The smallest absolute Gasteiger partial charge is 0.213 e. The van der Waals surface area contributed by atoms with Crippen LogP contribution in [-0.2, 0) is 11.3 Å². The van der Waals surface area contributed by atoms with Crippen molar-refractivity contribution in [2.75, 3.05) is 40.5 Å². The number of guanidine groups is 1. The number of ether oxygens (including phenoxy) is 2. The minimum Gasteiger partial charge on any atom is -0.475 e. The lowest BCUT2D eigenvalue weighted by Gasteiger charge is -2.30. The van der Waals surface area contributed by atoms with Gasteiger partial charge < -0.3 is 20.1 Å². The Kier molecular flexibility index (Phi) is 15.1. The van der Waals surface area contributed by atoms with Gasteiger partial charge in [0.05, 0.1) is 6.61 Å². The maximum Gasteiger partial charge on any atom is 0.213 e. The zero-order chi connectivity index (χ0) is 20.1. The van der Waals surface area contributed by atoms with Crippen molar-refractivity contribution in [3.05, 3.63) is 23.9 Å². The van der Waals surface area contributed by atoms with Gasteiger partial charge in [0, 0.05) is 58.1 Å². The maximum absolute atomic E-state index is 5.47. The molecule has 28 heavy (non-hydrogen) atoms. The van der Waals surface area contributed by atoms with Crippen molar-refractivity contribution in [2.45, 2.75) is 52.7 Å². The van der Waals surface area contributed by atoms with Crippen molar-refractivity contribution >= 4 is 29.9 Å². The summed E-state index contributed by atoms with van der Waals surface area (Å²) in [5.41, 5.74) is 1.07. The first kappa shape index (κ1) is 26.9. The van der Waals surface area contributed by atoms with Crippen LogP contribution in [-0.4, -0.2) is 68.4 Å². The van der Waals surface area contributed by atoms with E-state index >= 15 is 0 Å². The second-order valence-corrected chi connectivity index (χ2v) is 6.98. The molecule has 0 saturated carbocycles. The van der Waals surface area contributed by atoms with Gasteiger partial charge in [-0.25, -0.2) is 4.98 Å². The molecule has 0 radical (unpaired) electrons. The summed E-state index contributed by atoms with van der Waals surface area (Å²) >= 11 is 0. The van der Waals surface area contributed by atoms with Crippen LogP contribution in [0, 0.1) is 0 Å². The van der Waals surface area contributed by atoms with E-state index in [2.05, 4.69) is 53.2 Å². The molecule has 162 valence electrons. The standard InChI is InChI=1S/C20H37N5O2.HI/c1-16(2)25(17(3)4)11-7-10-22-20(21-5)24-15-18-8-9-19(23-14-18)27-13-12-26-6;/h8-9,14,16-17H,7,10-13,15H2,1-6H3,(H2,21,22,24);1H. The van der Waals surface area contributed by atoms with Crippen LogP contribution in [0.5, 0.6) is 5.88 Å². The molecule has 0 aromatic carbocycles. The summed E-state index contributed by atoms with van der Waals surface area (Å²) in [4.78, 5) is 11.1. The number of nitrogens with zero attached hydrogens (tertiary/aromatic N) is 3. The number of aliphatic imine (C=N–C) groups is 1. The third-order valence-electron chi connectivity index (χ3n) is 4.23. The van der Waals surface area contributed by atoms with Crippen LogP contribution in [0.4, 0.5) is 0 Å². The highest BCUT2D eigenvalue weighted by Crippen LogP contribution is 2.07. The molecule has 0 amide bonds. The highest BCUT2D eigenvalue weighted by molar-refractivity contribution is 14.0. The normalized spacial score (nSPS) is 11.7. The molecule has 0 unspecified atom stereocenters. The van der Waals surface area contributed by atoms with Gasteiger partial charge in [0.25, 0.3) is 0 Å². The van der Waals surface area contributed by atoms with Gasteiger partial charge in [-0.15, -0.1) is 24.0 Å². The summed E-state index contributed by atoms with van der Waals surface area (Å²) in [7, 11) is 3.44. The van der Waals surface area contributed by atoms with Gasteiger partial charge >= 0.3 is 0 Å². The van der Waals surface area contributed by atoms with Gasteiger partial charge in [-0.1, -0.05) is 6.07 Å². The molecular weight excluding hydrogens is 469 g/mol. The zero-order valence-corrected chi connectivity index (χ0v) is 20.5. The molecule has 0 atom stereocenters. The summed E-state index contributed by atoms with van der Waals surface area (Å²) in [5, 5.41) is 6.69. The minimum atomic E-state index is 0. The van der Waals surface area contributed by atoms with Crippen molar-refractivity contribution in [2.24, 2.45) is 4.99 Å². The van der Waals surface area contributed by atoms with E-state index in [0.717, 1.165) is 31.0 Å². The molecule has 0 fully saturated rings. The number of aromatic nitrogens is 1. The highest BCUT2D eigenvalue weighted by atomic mass is 127. The Morgan fingerprint density at radius 3 is 2.39 bits per heavy atom. The van der Waals surface area contributed by atoms with E-state index in [1.54, 1.807) is 14.2 Å². The van der Waals surface area contributed by atoms with Gasteiger partial charge in [0.15, 0.2) is 5.96 Å². The maximum atomic E-state index is 5.47. The van der Waals surface area contributed by atoms with Gasteiger partial charge in [0.2, 0.25) is 5.88 Å². The Balaban J connectivity index is 0.00000729. The number of rotatable bonds is 12. The quantitative estimate of drug-likeness (QED) is 0.196. The molecule has 2 N–H and O–H groups in total. The number of halogens is 1. The Bertz CT molecular complexity index is 530. The lowest BCUT2D eigenvalue weighted by molar-refractivity contribution is 0.143. The average Bonchev–Trinajstić information content (AvgIpc) is 2.64. The van der Waals surface area contributed by atoms with Crippen molar-refractivity contribution in [1.29, 1.82) is 0 Å². The predicted molar refractivity (Wildman–Crippen MR) is 127 cm³/mol. The third kappa shape index (κ3) is 11.0. The summed E-state index contributed by atoms with van der Waals surface area (Å²) in [6, 6.07) is 5.00. The molecule has 0 bridgehead atoms. The van der Waals surface area contributed by atoms with E-state index < -0.39 is 0 Å².